The molecule has 3 heterocycles. The van der Waals surface area contributed by atoms with Crippen LogP contribution in [0.5, 0.6) is 5.75 Å². The minimum Gasteiger partial charge on any atom is -0.497 e. The molecule has 32 heavy (non-hydrogen) atoms. The lowest BCUT2D eigenvalue weighted by Gasteiger charge is -2.32. The SMILES string of the molecule is COc1ccc(CNc2cc3c(B4OC(C)(C)C(C)(C)O4)cnc(C(F)F)c3cn2)cc1. The number of alkyl halides is 2. The van der Waals surface area contributed by atoms with Gasteiger partial charge in [-0.3, -0.25) is 4.98 Å². The van der Waals surface area contributed by atoms with Crippen LogP contribution in [0.3, 0.4) is 0 Å². The lowest BCUT2D eigenvalue weighted by atomic mass is 9.77. The van der Waals surface area contributed by atoms with E-state index in [9.17, 15) is 8.78 Å². The van der Waals surface area contributed by atoms with Crippen molar-refractivity contribution >= 4 is 29.2 Å². The second-order valence-corrected chi connectivity index (χ2v) is 8.80. The molecule has 0 atom stereocenters. The van der Waals surface area contributed by atoms with Gasteiger partial charge in [0.25, 0.3) is 6.43 Å². The van der Waals surface area contributed by atoms with Crippen LogP contribution in [-0.4, -0.2) is 35.4 Å². The van der Waals surface area contributed by atoms with Gasteiger partial charge >= 0.3 is 7.12 Å². The molecule has 4 rings (SSSR count). The monoisotopic (exact) mass is 441 g/mol. The van der Waals surface area contributed by atoms with Crippen LogP contribution in [0.1, 0.15) is 45.4 Å². The number of nitrogens with one attached hydrogen (secondary N) is 1. The highest BCUT2D eigenvalue weighted by Gasteiger charge is 2.52. The van der Waals surface area contributed by atoms with Crippen molar-refractivity contribution in [3.63, 3.8) is 0 Å². The zero-order chi connectivity index (χ0) is 23.1. The maximum Gasteiger partial charge on any atom is 0.497 e. The number of ether oxygens (including phenoxy) is 1. The highest BCUT2D eigenvalue weighted by atomic mass is 19.3. The van der Waals surface area contributed by atoms with Crippen molar-refractivity contribution < 1.29 is 22.8 Å². The Bertz CT molecular complexity index is 1110. The number of aromatic nitrogens is 2. The lowest BCUT2D eigenvalue weighted by Crippen LogP contribution is -2.41. The molecule has 1 aromatic carbocycles. The molecule has 1 N–H and O–H groups in total. The summed E-state index contributed by atoms with van der Waals surface area (Å²) < 4.78 is 44.7. The molecule has 1 fully saturated rings. The first-order valence-electron chi connectivity index (χ1n) is 10.4. The molecule has 0 saturated carbocycles. The number of anilines is 1. The smallest absolute Gasteiger partial charge is 0.497 e. The maximum absolute atomic E-state index is 13.6. The third kappa shape index (κ3) is 4.14. The van der Waals surface area contributed by atoms with E-state index in [-0.39, 0.29) is 11.1 Å². The number of methoxy groups -OCH3 is 1. The Labute approximate surface area is 186 Å². The standard InChI is InChI=1S/C23H26BF2N3O3/c1-22(2)23(3,4)32-24(31-22)18-13-29-20(21(25)26)17-12-28-19(10-16(17)18)27-11-14-6-8-15(30-5)9-7-14/h6-10,12-13,21H,11H2,1-5H3,(H,27,28). The predicted octanol–water partition coefficient (Wildman–Crippen LogP) is 4.49. The number of rotatable bonds is 6. The third-order valence-corrected chi connectivity index (χ3v) is 6.18. The summed E-state index contributed by atoms with van der Waals surface area (Å²) in [5.41, 5.74) is 0.191. The van der Waals surface area contributed by atoms with Gasteiger partial charge in [-0.15, -0.1) is 0 Å². The summed E-state index contributed by atoms with van der Waals surface area (Å²) in [4.78, 5) is 8.34. The maximum atomic E-state index is 13.6. The van der Waals surface area contributed by atoms with Crippen LogP contribution in [0.25, 0.3) is 10.8 Å². The van der Waals surface area contributed by atoms with Gasteiger partial charge in [-0.2, -0.15) is 0 Å². The predicted molar refractivity (Wildman–Crippen MR) is 121 cm³/mol. The molecular weight excluding hydrogens is 415 g/mol. The molecule has 0 radical (unpaired) electrons. The van der Waals surface area contributed by atoms with Crippen LogP contribution < -0.4 is 15.5 Å². The fourth-order valence-electron chi connectivity index (χ4n) is 3.54. The van der Waals surface area contributed by atoms with Crippen LogP contribution >= 0.6 is 0 Å². The molecule has 1 saturated heterocycles. The second-order valence-electron chi connectivity index (χ2n) is 8.80. The van der Waals surface area contributed by atoms with Gasteiger partial charge in [0.2, 0.25) is 0 Å². The van der Waals surface area contributed by atoms with E-state index in [2.05, 4.69) is 15.3 Å². The summed E-state index contributed by atoms with van der Waals surface area (Å²) in [5, 5.41) is 4.10. The zero-order valence-corrected chi connectivity index (χ0v) is 18.8. The number of halogens is 2. The van der Waals surface area contributed by atoms with Gasteiger partial charge in [-0.25, -0.2) is 13.8 Å². The highest BCUT2D eigenvalue weighted by molar-refractivity contribution is 6.65. The van der Waals surface area contributed by atoms with E-state index >= 15 is 0 Å². The number of fused-ring (bicyclic) bond motifs is 1. The van der Waals surface area contributed by atoms with Gasteiger partial charge < -0.3 is 19.4 Å². The number of nitrogens with zero attached hydrogens (tertiary/aromatic N) is 2. The third-order valence-electron chi connectivity index (χ3n) is 6.18. The fourth-order valence-corrected chi connectivity index (χ4v) is 3.54. The summed E-state index contributed by atoms with van der Waals surface area (Å²) in [6.45, 7) is 8.29. The molecular formula is C23H26BF2N3O3. The first kappa shape index (κ1) is 22.4. The quantitative estimate of drug-likeness (QED) is 0.569. The molecule has 0 spiro atoms. The summed E-state index contributed by atoms with van der Waals surface area (Å²) >= 11 is 0. The van der Waals surface area contributed by atoms with Gasteiger partial charge in [0.05, 0.1) is 18.3 Å². The largest absolute Gasteiger partial charge is 0.497 e. The molecule has 0 unspecified atom stereocenters. The highest BCUT2D eigenvalue weighted by Crippen LogP contribution is 2.37. The Morgan fingerprint density at radius 2 is 1.66 bits per heavy atom. The van der Waals surface area contributed by atoms with Crippen LogP contribution in [0.4, 0.5) is 14.6 Å². The van der Waals surface area contributed by atoms with E-state index in [1.165, 1.54) is 12.4 Å². The number of hydrogen-bond donors (Lipinski definition) is 1. The molecule has 6 nitrogen and oxygen atoms in total. The van der Waals surface area contributed by atoms with Crippen molar-refractivity contribution in [1.82, 2.24) is 9.97 Å². The molecule has 9 heteroatoms. The Morgan fingerprint density at radius 3 is 2.25 bits per heavy atom. The molecule has 1 aliphatic heterocycles. The first-order valence-corrected chi connectivity index (χ1v) is 10.4. The van der Waals surface area contributed by atoms with E-state index in [0.717, 1.165) is 11.3 Å². The fraction of sp³-hybridized carbons (Fsp3) is 0.391. The normalized spacial score (nSPS) is 17.2. The minimum atomic E-state index is -2.72. The number of pyridine rings is 2. The minimum absolute atomic E-state index is 0.280. The van der Waals surface area contributed by atoms with Crippen molar-refractivity contribution in [2.24, 2.45) is 0 Å². The van der Waals surface area contributed by atoms with Gasteiger partial charge in [-0.1, -0.05) is 12.1 Å². The van der Waals surface area contributed by atoms with Crippen molar-refractivity contribution in [2.75, 3.05) is 12.4 Å². The zero-order valence-electron chi connectivity index (χ0n) is 18.8. The van der Waals surface area contributed by atoms with Crippen LogP contribution in [0.2, 0.25) is 0 Å². The average Bonchev–Trinajstić information content (AvgIpc) is 2.98. The van der Waals surface area contributed by atoms with E-state index in [0.29, 0.717) is 23.2 Å². The van der Waals surface area contributed by atoms with E-state index in [1.807, 2.05) is 52.0 Å². The first-order chi connectivity index (χ1) is 15.1. The topological polar surface area (TPSA) is 65.5 Å². The van der Waals surface area contributed by atoms with E-state index < -0.39 is 24.7 Å². The summed E-state index contributed by atoms with van der Waals surface area (Å²) in [6, 6.07) is 9.39. The Hall–Kier alpha value is -2.78. The van der Waals surface area contributed by atoms with Gasteiger partial charge in [-0.05, 0) is 56.8 Å². The van der Waals surface area contributed by atoms with Crippen molar-refractivity contribution in [3.05, 3.63) is 54.0 Å². The molecule has 0 bridgehead atoms. The summed E-state index contributed by atoms with van der Waals surface area (Å²) in [5.74, 6) is 1.33. The Balaban J connectivity index is 1.68. The van der Waals surface area contributed by atoms with Crippen molar-refractivity contribution in [1.29, 1.82) is 0 Å². The number of hydrogen-bond acceptors (Lipinski definition) is 6. The summed E-state index contributed by atoms with van der Waals surface area (Å²) in [6.07, 6.45) is 0.124. The molecule has 168 valence electrons. The second kappa shape index (κ2) is 8.29. The Morgan fingerprint density at radius 1 is 1.00 bits per heavy atom. The van der Waals surface area contributed by atoms with Crippen molar-refractivity contribution in [2.45, 2.75) is 51.9 Å². The van der Waals surface area contributed by atoms with Gasteiger partial charge in [0.15, 0.2) is 0 Å². The Kier molecular flexibility index (Phi) is 5.81. The molecule has 3 aromatic rings. The van der Waals surface area contributed by atoms with Gasteiger partial charge in [0, 0.05) is 29.8 Å². The van der Waals surface area contributed by atoms with E-state index in [1.54, 1.807) is 13.2 Å². The van der Waals surface area contributed by atoms with Crippen LogP contribution in [-0.2, 0) is 15.9 Å². The summed E-state index contributed by atoms with van der Waals surface area (Å²) in [7, 11) is 0.894. The molecule has 2 aromatic heterocycles. The number of benzene rings is 1. The van der Waals surface area contributed by atoms with Crippen LogP contribution in [0.15, 0.2) is 42.7 Å². The van der Waals surface area contributed by atoms with Crippen molar-refractivity contribution in [3.8, 4) is 5.75 Å². The van der Waals surface area contributed by atoms with E-state index in [4.69, 9.17) is 14.0 Å². The average molecular weight is 441 g/mol. The van der Waals surface area contributed by atoms with Gasteiger partial charge in [0.1, 0.15) is 17.3 Å². The molecule has 0 amide bonds. The molecule has 0 aliphatic carbocycles. The molecule has 1 aliphatic rings. The lowest BCUT2D eigenvalue weighted by molar-refractivity contribution is 0.00578. The van der Waals surface area contributed by atoms with Crippen LogP contribution in [0, 0.1) is 0 Å².